The Labute approximate surface area is 218 Å². The molecule has 0 aliphatic heterocycles. The lowest BCUT2D eigenvalue weighted by molar-refractivity contribution is -0.133. The molecule has 7 heteroatoms. The number of carbonyl (C=O) groups excluding carboxylic acids is 2. The molecule has 1 heterocycles. The molecule has 36 heavy (non-hydrogen) atoms. The maximum Gasteiger partial charge on any atom is 0.322 e. The number of nitrogens with one attached hydrogen (secondary N) is 1. The van der Waals surface area contributed by atoms with Gasteiger partial charge < -0.3 is 19.9 Å². The molecule has 3 aromatic rings. The van der Waals surface area contributed by atoms with Crippen molar-refractivity contribution < 1.29 is 14.3 Å². The Morgan fingerprint density at radius 1 is 0.944 bits per heavy atom. The normalized spacial score (nSPS) is 10.9. The van der Waals surface area contributed by atoms with Crippen LogP contribution in [0.15, 0.2) is 66.7 Å². The van der Waals surface area contributed by atoms with Crippen LogP contribution in [0.2, 0.25) is 0 Å². The standard InChI is InChI=1S/C29H37N3O3S/c1-22(2)25-12-14-26(15-13-25)30-29(34)31(17-8-18-35-4)21-28(33)32(19-24-9-6-5-7-10-24)20-27-16-11-23(3)36-27/h5-7,9-16,22H,8,17-21H2,1-4H3,(H,30,34). The van der Waals surface area contributed by atoms with Gasteiger partial charge in [-0.2, -0.15) is 0 Å². The Balaban J connectivity index is 1.74. The van der Waals surface area contributed by atoms with Crippen LogP contribution < -0.4 is 5.32 Å². The van der Waals surface area contributed by atoms with E-state index in [2.05, 4.69) is 38.2 Å². The Morgan fingerprint density at radius 2 is 1.67 bits per heavy atom. The zero-order chi connectivity index (χ0) is 25.9. The first-order chi connectivity index (χ1) is 17.4. The van der Waals surface area contributed by atoms with Gasteiger partial charge in [0.2, 0.25) is 5.91 Å². The minimum atomic E-state index is -0.289. The zero-order valence-corrected chi connectivity index (χ0v) is 22.5. The van der Waals surface area contributed by atoms with Crippen LogP contribution in [0.3, 0.4) is 0 Å². The molecule has 192 valence electrons. The third-order valence-corrected chi connectivity index (χ3v) is 6.92. The first-order valence-corrected chi connectivity index (χ1v) is 13.2. The van der Waals surface area contributed by atoms with Crippen molar-refractivity contribution in [2.75, 3.05) is 32.1 Å². The number of thiophene rings is 1. The average Bonchev–Trinajstić information content (AvgIpc) is 3.28. The fourth-order valence-electron chi connectivity index (χ4n) is 3.86. The maximum absolute atomic E-state index is 13.6. The van der Waals surface area contributed by atoms with Gasteiger partial charge in [0.25, 0.3) is 0 Å². The predicted molar refractivity (Wildman–Crippen MR) is 147 cm³/mol. The molecular weight excluding hydrogens is 470 g/mol. The number of ether oxygens (including phenoxy) is 1. The summed E-state index contributed by atoms with van der Waals surface area (Å²) >= 11 is 1.69. The quantitative estimate of drug-likeness (QED) is 0.294. The first kappa shape index (κ1) is 27.4. The molecule has 3 rings (SSSR count). The summed E-state index contributed by atoms with van der Waals surface area (Å²) in [6, 6.07) is 21.6. The molecule has 0 atom stereocenters. The number of methoxy groups -OCH3 is 1. The van der Waals surface area contributed by atoms with Crippen molar-refractivity contribution in [2.24, 2.45) is 0 Å². The van der Waals surface area contributed by atoms with Crippen molar-refractivity contribution in [2.45, 2.75) is 46.2 Å². The van der Waals surface area contributed by atoms with Gasteiger partial charge in [0.1, 0.15) is 6.54 Å². The summed E-state index contributed by atoms with van der Waals surface area (Å²) in [5.74, 6) is 0.327. The van der Waals surface area contributed by atoms with Crippen molar-refractivity contribution in [3.8, 4) is 0 Å². The maximum atomic E-state index is 13.6. The smallest absolute Gasteiger partial charge is 0.322 e. The highest BCUT2D eigenvalue weighted by Gasteiger charge is 2.22. The van der Waals surface area contributed by atoms with E-state index in [1.807, 2.05) is 59.5 Å². The summed E-state index contributed by atoms with van der Waals surface area (Å²) in [5, 5.41) is 2.96. The molecule has 0 saturated heterocycles. The highest BCUT2D eigenvalue weighted by molar-refractivity contribution is 7.11. The number of hydrogen-bond acceptors (Lipinski definition) is 4. The lowest BCUT2D eigenvalue weighted by atomic mass is 10.0. The van der Waals surface area contributed by atoms with Crippen LogP contribution in [-0.2, 0) is 22.6 Å². The van der Waals surface area contributed by atoms with Gasteiger partial charge in [-0.25, -0.2) is 4.79 Å². The summed E-state index contributed by atoms with van der Waals surface area (Å²) in [4.78, 5) is 32.5. The molecule has 0 aliphatic carbocycles. The summed E-state index contributed by atoms with van der Waals surface area (Å²) in [6.45, 7) is 8.27. The van der Waals surface area contributed by atoms with Crippen LogP contribution in [0.1, 0.15) is 47.1 Å². The van der Waals surface area contributed by atoms with Gasteiger partial charge in [-0.3, -0.25) is 4.79 Å². The molecule has 2 aromatic carbocycles. The molecule has 3 amide bonds. The Kier molecular flexibility index (Phi) is 10.5. The number of urea groups is 1. The molecule has 0 saturated carbocycles. The van der Waals surface area contributed by atoms with Crippen LogP contribution in [0.4, 0.5) is 10.5 Å². The zero-order valence-electron chi connectivity index (χ0n) is 21.7. The molecule has 6 nitrogen and oxygen atoms in total. The van der Waals surface area contributed by atoms with Crippen molar-refractivity contribution in [1.82, 2.24) is 9.80 Å². The molecule has 0 fully saturated rings. The Bertz CT molecular complexity index is 1100. The fourth-order valence-corrected chi connectivity index (χ4v) is 4.77. The van der Waals surface area contributed by atoms with Gasteiger partial charge in [-0.05, 0) is 54.7 Å². The predicted octanol–water partition coefficient (Wildman–Crippen LogP) is 6.28. The van der Waals surface area contributed by atoms with E-state index in [0.717, 1.165) is 10.4 Å². The van der Waals surface area contributed by atoms with Gasteiger partial charge in [0, 0.05) is 42.2 Å². The number of anilines is 1. The van der Waals surface area contributed by atoms with Crippen LogP contribution in [-0.4, -0.2) is 48.5 Å². The largest absolute Gasteiger partial charge is 0.385 e. The summed E-state index contributed by atoms with van der Waals surface area (Å²) in [5.41, 5.74) is 2.98. The van der Waals surface area contributed by atoms with Gasteiger partial charge >= 0.3 is 6.03 Å². The Morgan fingerprint density at radius 3 is 2.28 bits per heavy atom. The minimum absolute atomic E-state index is 0.00316. The van der Waals surface area contributed by atoms with E-state index in [0.29, 0.717) is 44.3 Å². The molecule has 0 radical (unpaired) electrons. The van der Waals surface area contributed by atoms with Gasteiger partial charge in [-0.15, -0.1) is 11.3 Å². The lowest BCUT2D eigenvalue weighted by Crippen LogP contribution is -2.44. The van der Waals surface area contributed by atoms with E-state index in [-0.39, 0.29) is 18.5 Å². The van der Waals surface area contributed by atoms with Crippen molar-refractivity contribution in [1.29, 1.82) is 0 Å². The highest BCUT2D eigenvalue weighted by Crippen LogP contribution is 2.20. The van der Waals surface area contributed by atoms with E-state index in [1.54, 1.807) is 23.3 Å². The second-order valence-corrected chi connectivity index (χ2v) is 10.6. The van der Waals surface area contributed by atoms with Crippen molar-refractivity contribution >= 4 is 29.0 Å². The molecule has 1 aromatic heterocycles. The molecule has 0 unspecified atom stereocenters. The highest BCUT2D eigenvalue weighted by atomic mass is 32.1. The van der Waals surface area contributed by atoms with Crippen LogP contribution in [0.5, 0.6) is 0 Å². The molecule has 0 spiro atoms. The lowest BCUT2D eigenvalue weighted by Gasteiger charge is -2.28. The van der Waals surface area contributed by atoms with Gasteiger partial charge in [0.05, 0.1) is 6.54 Å². The molecule has 1 N–H and O–H groups in total. The van der Waals surface area contributed by atoms with Crippen LogP contribution in [0, 0.1) is 6.92 Å². The topological polar surface area (TPSA) is 61.9 Å². The fraction of sp³-hybridized carbons (Fsp3) is 0.379. The number of amides is 3. The van der Waals surface area contributed by atoms with E-state index < -0.39 is 0 Å². The number of hydrogen-bond donors (Lipinski definition) is 1. The molecule has 0 bridgehead atoms. The van der Waals surface area contributed by atoms with Crippen molar-refractivity contribution in [3.05, 3.63) is 87.6 Å². The summed E-state index contributed by atoms with van der Waals surface area (Å²) in [7, 11) is 1.64. The second kappa shape index (κ2) is 13.8. The third kappa shape index (κ3) is 8.50. The summed E-state index contributed by atoms with van der Waals surface area (Å²) in [6.07, 6.45) is 0.645. The van der Waals surface area contributed by atoms with E-state index in [1.165, 1.54) is 10.4 Å². The van der Waals surface area contributed by atoms with Crippen molar-refractivity contribution in [3.63, 3.8) is 0 Å². The Hall–Kier alpha value is -3.16. The van der Waals surface area contributed by atoms with E-state index in [4.69, 9.17) is 4.74 Å². The number of nitrogens with zero attached hydrogens (tertiary/aromatic N) is 2. The van der Waals surface area contributed by atoms with Crippen LogP contribution >= 0.6 is 11.3 Å². The number of benzene rings is 2. The third-order valence-electron chi connectivity index (χ3n) is 5.93. The number of aryl methyl sites for hydroxylation is 1. The average molecular weight is 508 g/mol. The van der Waals surface area contributed by atoms with Gasteiger partial charge in [0.15, 0.2) is 0 Å². The van der Waals surface area contributed by atoms with Crippen LogP contribution in [0.25, 0.3) is 0 Å². The summed E-state index contributed by atoms with van der Waals surface area (Å²) < 4.78 is 5.19. The minimum Gasteiger partial charge on any atom is -0.385 e. The second-order valence-electron chi connectivity index (χ2n) is 9.22. The van der Waals surface area contributed by atoms with Gasteiger partial charge in [-0.1, -0.05) is 56.3 Å². The van der Waals surface area contributed by atoms with E-state index >= 15 is 0 Å². The first-order valence-electron chi connectivity index (χ1n) is 12.4. The molecular formula is C29H37N3O3S. The number of carbonyl (C=O) groups is 2. The molecule has 0 aliphatic rings. The monoisotopic (exact) mass is 507 g/mol. The van der Waals surface area contributed by atoms with E-state index in [9.17, 15) is 9.59 Å². The SMILES string of the molecule is COCCCN(CC(=O)N(Cc1ccccc1)Cc1ccc(C)s1)C(=O)Nc1ccc(C(C)C)cc1. The number of rotatable bonds is 12.